The van der Waals surface area contributed by atoms with Crippen LogP contribution >= 0.6 is 11.3 Å². The predicted molar refractivity (Wildman–Crippen MR) is 105 cm³/mol. The molecule has 2 aromatic carbocycles. The van der Waals surface area contributed by atoms with E-state index in [1.54, 1.807) is 24.3 Å². The minimum Gasteiger partial charge on any atom is -0.321 e. The zero-order valence-electron chi connectivity index (χ0n) is 14.4. The highest BCUT2D eigenvalue weighted by atomic mass is 32.2. The monoisotopic (exact) mass is 383 g/mol. The fourth-order valence-corrected chi connectivity index (χ4v) is 6.18. The van der Waals surface area contributed by atoms with Gasteiger partial charge in [-0.1, -0.05) is 24.3 Å². The first-order valence-electron chi connectivity index (χ1n) is 8.18. The summed E-state index contributed by atoms with van der Waals surface area (Å²) in [5, 5.41) is 2.92. The van der Waals surface area contributed by atoms with Crippen LogP contribution in [-0.2, 0) is 15.6 Å². The molecule has 0 spiro atoms. The van der Waals surface area contributed by atoms with Crippen molar-refractivity contribution in [2.24, 2.45) is 0 Å². The summed E-state index contributed by atoms with van der Waals surface area (Å²) in [4.78, 5) is 14.4. The van der Waals surface area contributed by atoms with E-state index >= 15 is 0 Å². The lowest BCUT2D eigenvalue weighted by molar-refractivity contribution is 0.103. The third kappa shape index (κ3) is 2.95. The molecule has 0 saturated heterocycles. The van der Waals surface area contributed by atoms with E-state index in [1.165, 1.54) is 11.3 Å². The van der Waals surface area contributed by atoms with Crippen molar-refractivity contribution in [3.8, 4) is 10.4 Å². The van der Waals surface area contributed by atoms with Crippen molar-refractivity contribution in [2.45, 2.75) is 24.5 Å². The summed E-state index contributed by atoms with van der Waals surface area (Å²) in [7, 11) is -3.36. The molecule has 1 N–H and O–H groups in total. The van der Waals surface area contributed by atoms with Crippen LogP contribution in [0.1, 0.15) is 26.4 Å². The maximum atomic E-state index is 12.7. The molecule has 1 aromatic heterocycles. The number of sulfone groups is 1. The van der Waals surface area contributed by atoms with E-state index in [2.05, 4.69) is 5.32 Å². The van der Waals surface area contributed by atoms with Gasteiger partial charge in [0.05, 0.1) is 15.5 Å². The molecule has 6 heteroatoms. The van der Waals surface area contributed by atoms with E-state index in [1.807, 2.05) is 38.1 Å². The molecule has 0 fully saturated rings. The average Bonchev–Trinajstić information content (AvgIpc) is 2.97. The molecular weight excluding hydrogens is 366 g/mol. The van der Waals surface area contributed by atoms with Crippen molar-refractivity contribution in [2.75, 3.05) is 5.32 Å². The number of aryl methyl sites for hydroxylation is 2. The molecule has 4 nitrogen and oxygen atoms in total. The number of carbonyl (C=O) groups excluding carboxylic acids is 1. The summed E-state index contributed by atoms with van der Waals surface area (Å²) in [6.07, 6.45) is 0. The van der Waals surface area contributed by atoms with Crippen LogP contribution in [0.25, 0.3) is 10.4 Å². The van der Waals surface area contributed by atoms with E-state index in [0.29, 0.717) is 20.9 Å². The Hall–Kier alpha value is -2.44. The van der Waals surface area contributed by atoms with Crippen LogP contribution in [0.15, 0.2) is 53.4 Å². The Labute approximate surface area is 156 Å². The third-order valence-corrected chi connectivity index (χ3v) is 7.25. The van der Waals surface area contributed by atoms with Crippen LogP contribution in [0, 0.1) is 13.8 Å². The van der Waals surface area contributed by atoms with Gasteiger partial charge in [-0.3, -0.25) is 4.79 Å². The standard InChI is InChI=1S/C20H17NO3S2/c1-12-7-13(2)9-15(8-12)21-20(22)17-10-14-11-26(23,24)18-6-4-3-5-16(18)19(14)25-17/h3-10H,11H2,1-2H3,(H,21,22). The molecule has 26 heavy (non-hydrogen) atoms. The largest absolute Gasteiger partial charge is 0.321 e. The number of thiophene rings is 1. The summed E-state index contributed by atoms with van der Waals surface area (Å²) in [5.74, 6) is -0.281. The van der Waals surface area contributed by atoms with Crippen molar-refractivity contribution in [1.29, 1.82) is 0 Å². The first-order chi connectivity index (χ1) is 12.3. The molecule has 2 heterocycles. The number of hydrogen-bond donors (Lipinski definition) is 1. The summed E-state index contributed by atoms with van der Waals surface area (Å²) >= 11 is 1.34. The van der Waals surface area contributed by atoms with Crippen LogP contribution in [0.2, 0.25) is 0 Å². The van der Waals surface area contributed by atoms with E-state index in [4.69, 9.17) is 0 Å². The van der Waals surface area contributed by atoms with Crippen LogP contribution in [0.4, 0.5) is 5.69 Å². The minimum atomic E-state index is -3.36. The number of rotatable bonds is 2. The molecule has 1 aliphatic rings. The van der Waals surface area contributed by atoms with Gasteiger partial charge in [0.1, 0.15) is 0 Å². The first-order valence-corrected chi connectivity index (χ1v) is 10.6. The van der Waals surface area contributed by atoms with Crippen molar-refractivity contribution >= 4 is 32.8 Å². The highest BCUT2D eigenvalue weighted by molar-refractivity contribution is 7.91. The van der Waals surface area contributed by atoms with Gasteiger partial charge in [-0.2, -0.15) is 0 Å². The SMILES string of the molecule is Cc1cc(C)cc(NC(=O)c2cc3c(s2)-c2ccccc2S(=O)(=O)C3)c1. The summed E-state index contributed by atoms with van der Waals surface area (Å²) in [6, 6.07) is 14.5. The Morgan fingerprint density at radius 2 is 1.73 bits per heavy atom. The second-order valence-electron chi connectivity index (χ2n) is 6.55. The second kappa shape index (κ2) is 6.07. The quantitative estimate of drug-likeness (QED) is 0.705. The first kappa shape index (κ1) is 17.0. The average molecular weight is 383 g/mol. The molecule has 1 amide bonds. The Bertz CT molecular complexity index is 1120. The Morgan fingerprint density at radius 1 is 1.04 bits per heavy atom. The molecule has 0 unspecified atom stereocenters. The van der Waals surface area contributed by atoms with Gasteiger partial charge in [0.2, 0.25) is 0 Å². The van der Waals surface area contributed by atoms with Crippen molar-refractivity contribution < 1.29 is 13.2 Å². The third-order valence-electron chi connectivity index (χ3n) is 4.32. The van der Waals surface area contributed by atoms with Crippen molar-refractivity contribution in [3.05, 3.63) is 70.1 Å². The molecule has 4 rings (SSSR count). The number of carbonyl (C=O) groups is 1. The Morgan fingerprint density at radius 3 is 2.46 bits per heavy atom. The highest BCUT2D eigenvalue weighted by Crippen LogP contribution is 2.42. The molecule has 1 aliphatic heterocycles. The van der Waals surface area contributed by atoms with Crippen molar-refractivity contribution in [3.63, 3.8) is 0 Å². The summed E-state index contributed by atoms with van der Waals surface area (Å²) < 4.78 is 25.0. The van der Waals surface area contributed by atoms with Gasteiger partial charge in [0, 0.05) is 16.1 Å². The van der Waals surface area contributed by atoms with Crippen LogP contribution in [0.3, 0.4) is 0 Å². The van der Waals surface area contributed by atoms with Gasteiger partial charge >= 0.3 is 0 Å². The lowest BCUT2D eigenvalue weighted by atomic mass is 10.1. The fourth-order valence-electron chi connectivity index (χ4n) is 3.32. The maximum absolute atomic E-state index is 12.7. The van der Waals surface area contributed by atoms with Crippen LogP contribution in [0.5, 0.6) is 0 Å². The number of nitrogens with one attached hydrogen (secondary N) is 1. The smallest absolute Gasteiger partial charge is 0.265 e. The zero-order chi connectivity index (χ0) is 18.5. The molecule has 0 saturated carbocycles. The molecular formula is C20H17NO3S2. The van der Waals surface area contributed by atoms with Gasteiger partial charge in [0.25, 0.3) is 5.91 Å². The number of amides is 1. The summed E-state index contributed by atoms with van der Waals surface area (Å²) in [6.45, 7) is 3.96. The van der Waals surface area contributed by atoms with E-state index in [-0.39, 0.29) is 11.7 Å². The summed E-state index contributed by atoms with van der Waals surface area (Å²) in [5.41, 5.74) is 4.27. The number of benzene rings is 2. The van der Waals surface area contributed by atoms with E-state index in [0.717, 1.165) is 21.7 Å². The molecule has 0 radical (unpaired) electrons. The van der Waals surface area contributed by atoms with E-state index in [9.17, 15) is 13.2 Å². The van der Waals surface area contributed by atoms with E-state index < -0.39 is 9.84 Å². The lowest BCUT2D eigenvalue weighted by Crippen LogP contribution is -2.11. The number of anilines is 1. The molecule has 3 aromatic rings. The predicted octanol–water partition coefficient (Wildman–Crippen LogP) is 4.57. The number of fused-ring (bicyclic) bond motifs is 3. The van der Waals surface area contributed by atoms with Gasteiger partial charge in [-0.25, -0.2) is 8.42 Å². The van der Waals surface area contributed by atoms with Gasteiger partial charge in [-0.15, -0.1) is 11.3 Å². The zero-order valence-corrected chi connectivity index (χ0v) is 16.0. The van der Waals surface area contributed by atoms with Gasteiger partial charge in [-0.05, 0) is 54.8 Å². The topological polar surface area (TPSA) is 63.2 Å². The fraction of sp³-hybridized carbons (Fsp3) is 0.150. The normalized spacial score (nSPS) is 14.4. The molecule has 132 valence electrons. The minimum absolute atomic E-state index is 0.0628. The Kier molecular flexibility index (Phi) is 3.97. The van der Waals surface area contributed by atoms with Crippen molar-refractivity contribution in [1.82, 2.24) is 0 Å². The van der Waals surface area contributed by atoms with Gasteiger partial charge < -0.3 is 5.32 Å². The molecule has 0 bridgehead atoms. The lowest BCUT2D eigenvalue weighted by Gasteiger charge is -2.15. The highest BCUT2D eigenvalue weighted by Gasteiger charge is 2.30. The van der Waals surface area contributed by atoms with Crippen LogP contribution in [-0.4, -0.2) is 14.3 Å². The maximum Gasteiger partial charge on any atom is 0.265 e. The second-order valence-corrected chi connectivity index (χ2v) is 9.56. The van der Waals surface area contributed by atoms with Crippen LogP contribution < -0.4 is 5.32 Å². The molecule has 0 atom stereocenters. The molecule has 0 aliphatic carbocycles. The Balaban J connectivity index is 1.71. The number of hydrogen-bond acceptors (Lipinski definition) is 4. The van der Waals surface area contributed by atoms with Gasteiger partial charge in [0.15, 0.2) is 9.84 Å².